The van der Waals surface area contributed by atoms with Crippen LogP contribution >= 0.6 is 11.3 Å². The van der Waals surface area contributed by atoms with Crippen molar-refractivity contribution >= 4 is 21.2 Å². The molecule has 0 aliphatic rings. The first kappa shape index (κ1) is 23.8. The summed E-state index contributed by atoms with van der Waals surface area (Å²) in [6, 6.07) is 0.557. The van der Waals surface area contributed by atoms with Crippen molar-refractivity contribution in [3.8, 4) is 11.5 Å². The van der Waals surface area contributed by atoms with Gasteiger partial charge in [-0.25, -0.2) is 17.2 Å². The standard InChI is InChI=1S/C17H8F8N2O3S2/c18-11-5-14(32(28,29)6-15-27-26-7-31-15)12(19)4-13(11)30-10-2-8(16(20,21)22)1-9(3-10)17(23,24)25/h1-5,7H,6H2. The van der Waals surface area contributed by atoms with E-state index in [0.717, 1.165) is 11.3 Å². The fraction of sp³-hybridized carbons (Fsp3) is 0.176. The molecule has 32 heavy (non-hydrogen) atoms. The molecule has 0 atom stereocenters. The van der Waals surface area contributed by atoms with Crippen LogP contribution in [0.3, 0.4) is 0 Å². The molecule has 0 spiro atoms. The van der Waals surface area contributed by atoms with Crippen molar-refractivity contribution in [2.75, 3.05) is 0 Å². The van der Waals surface area contributed by atoms with Gasteiger partial charge >= 0.3 is 12.4 Å². The van der Waals surface area contributed by atoms with Gasteiger partial charge in [0.25, 0.3) is 0 Å². The maximum absolute atomic E-state index is 14.4. The Morgan fingerprint density at radius 2 is 1.47 bits per heavy atom. The van der Waals surface area contributed by atoms with Crippen LogP contribution in [0, 0.1) is 11.6 Å². The molecular weight excluding hydrogens is 496 g/mol. The zero-order valence-electron chi connectivity index (χ0n) is 15.1. The molecule has 2 aromatic carbocycles. The van der Waals surface area contributed by atoms with E-state index in [9.17, 15) is 43.5 Å². The minimum Gasteiger partial charge on any atom is -0.454 e. The molecule has 3 rings (SSSR count). The first-order valence-corrected chi connectivity index (χ1v) is 10.6. The SMILES string of the molecule is O=S(=O)(Cc1nncs1)c1cc(F)c(Oc2cc(C(F)(F)F)cc(C(F)(F)F)c2)cc1F. The number of hydrogen-bond acceptors (Lipinski definition) is 6. The molecule has 0 aliphatic heterocycles. The summed E-state index contributed by atoms with van der Waals surface area (Å²) < 4.78 is 136. The molecule has 0 aliphatic carbocycles. The van der Waals surface area contributed by atoms with E-state index in [1.54, 1.807) is 0 Å². The predicted octanol–water partition coefficient (Wildman–Crippen LogP) is 5.62. The third-order valence-corrected chi connectivity index (χ3v) is 6.35. The molecule has 0 unspecified atom stereocenters. The highest BCUT2D eigenvalue weighted by Gasteiger charge is 2.37. The van der Waals surface area contributed by atoms with Gasteiger partial charge < -0.3 is 4.74 Å². The molecule has 1 heterocycles. The number of ether oxygens (including phenoxy) is 1. The number of rotatable bonds is 5. The lowest BCUT2D eigenvalue weighted by molar-refractivity contribution is -0.143. The summed E-state index contributed by atoms with van der Waals surface area (Å²) in [5, 5.41) is 6.86. The van der Waals surface area contributed by atoms with Crippen LogP contribution in [-0.4, -0.2) is 18.6 Å². The Hall–Kier alpha value is -2.81. The second-order valence-electron chi connectivity index (χ2n) is 6.15. The fourth-order valence-electron chi connectivity index (χ4n) is 2.44. The van der Waals surface area contributed by atoms with Gasteiger partial charge in [0.2, 0.25) is 0 Å². The lowest BCUT2D eigenvalue weighted by Gasteiger charge is -2.15. The van der Waals surface area contributed by atoms with E-state index in [0.29, 0.717) is 0 Å². The highest BCUT2D eigenvalue weighted by atomic mass is 32.2. The summed E-state index contributed by atoms with van der Waals surface area (Å²) in [5.41, 5.74) is -2.26. The van der Waals surface area contributed by atoms with Crippen molar-refractivity contribution in [2.24, 2.45) is 0 Å². The third kappa shape index (κ3) is 5.32. The molecule has 3 aromatic rings. The second-order valence-corrected chi connectivity index (χ2v) is 9.02. The molecule has 0 N–H and O–H groups in total. The van der Waals surface area contributed by atoms with Gasteiger partial charge in [0, 0.05) is 6.07 Å². The van der Waals surface area contributed by atoms with Crippen molar-refractivity contribution < 1.29 is 48.3 Å². The van der Waals surface area contributed by atoms with E-state index < -0.39 is 67.1 Å². The van der Waals surface area contributed by atoms with Crippen molar-refractivity contribution in [3.63, 3.8) is 0 Å². The lowest BCUT2D eigenvalue weighted by atomic mass is 10.1. The monoisotopic (exact) mass is 504 g/mol. The normalized spacial score (nSPS) is 12.8. The van der Waals surface area contributed by atoms with Gasteiger partial charge in [-0.15, -0.1) is 21.5 Å². The summed E-state index contributed by atoms with van der Waals surface area (Å²) in [6.07, 6.45) is -10.4. The molecule has 5 nitrogen and oxygen atoms in total. The maximum atomic E-state index is 14.4. The van der Waals surface area contributed by atoms with E-state index in [1.807, 2.05) is 0 Å². The smallest absolute Gasteiger partial charge is 0.416 e. The Balaban J connectivity index is 1.99. The van der Waals surface area contributed by atoms with E-state index >= 15 is 0 Å². The zero-order valence-corrected chi connectivity index (χ0v) is 16.8. The molecule has 0 saturated heterocycles. The number of sulfone groups is 1. The minimum atomic E-state index is -5.19. The van der Waals surface area contributed by atoms with Gasteiger partial charge in [0.05, 0.1) is 11.1 Å². The Morgan fingerprint density at radius 3 is 1.97 bits per heavy atom. The minimum absolute atomic E-state index is 0.0196. The van der Waals surface area contributed by atoms with Gasteiger partial charge in [-0.1, -0.05) is 0 Å². The number of benzene rings is 2. The molecule has 0 saturated carbocycles. The average molecular weight is 504 g/mol. The molecule has 15 heteroatoms. The van der Waals surface area contributed by atoms with Crippen LogP contribution in [0.5, 0.6) is 11.5 Å². The van der Waals surface area contributed by atoms with Crippen molar-refractivity contribution in [3.05, 3.63) is 63.6 Å². The van der Waals surface area contributed by atoms with E-state index in [4.69, 9.17) is 4.74 Å². The van der Waals surface area contributed by atoms with Crippen LogP contribution in [0.2, 0.25) is 0 Å². The number of aromatic nitrogens is 2. The lowest BCUT2D eigenvalue weighted by Crippen LogP contribution is -2.11. The van der Waals surface area contributed by atoms with Gasteiger partial charge in [-0.05, 0) is 24.3 Å². The van der Waals surface area contributed by atoms with Crippen LogP contribution in [-0.2, 0) is 27.9 Å². The Kier molecular flexibility index (Phi) is 6.16. The van der Waals surface area contributed by atoms with Crippen LogP contribution in [0.15, 0.2) is 40.7 Å². The van der Waals surface area contributed by atoms with Gasteiger partial charge in [-0.2, -0.15) is 26.3 Å². The van der Waals surface area contributed by atoms with Crippen LogP contribution in [0.1, 0.15) is 16.1 Å². The van der Waals surface area contributed by atoms with E-state index in [-0.39, 0.29) is 35.3 Å². The molecule has 0 radical (unpaired) electrons. The molecule has 0 amide bonds. The Morgan fingerprint density at radius 1 is 0.875 bits per heavy atom. The van der Waals surface area contributed by atoms with Crippen molar-refractivity contribution in [2.45, 2.75) is 23.0 Å². The predicted molar refractivity (Wildman–Crippen MR) is 93.7 cm³/mol. The molecule has 172 valence electrons. The highest BCUT2D eigenvalue weighted by molar-refractivity contribution is 7.90. The summed E-state index contributed by atoms with van der Waals surface area (Å²) in [6.45, 7) is 0. The Bertz CT molecular complexity index is 1210. The zero-order chi connectivity index (χ0) is 23.9. The van der Waals surface area contributed by atoms with Gasteiger partial charge in [0.15, 0.2) is 21.4 Å². The third-order valence-electron chi connectivity index (χ3n) is 3.83. The largest absolute Gasteiger partial charge is 0.454 e. The molecular formula is C17H8F8N2O3S2. The van der Waals surface area contributed by atoms with Crippen molar-refractivity contribution in [1.82, 2.24) is 10.2 Å². The summed E-state index contributed by atoms with van der Waals surface area (Å²) in [4.78, 5) is -1.10. The molecule has 1 aromatic heterocycles. The number of hydrogen-bond donors (Lipinski definition) is 0. The first-order chi connectivity index (χ1) is 14.7. The number of halogens is 8. The first-order valence-electron chi connectivity index (χ1n) is 8.11. The Labute approximate surface area is 178 Å². The second kappa shape index (κ2) is 8.27. The van der Waals surface area contributed by atoms with Crippen LogP contribution in [0.4, 0.5) is 35.1 Å². The quantitative estimate of drug-likeness (QED) is 0.422. The maximum Gasteiger partial charge on any atom is 0.416 e. The topological polar surface area (TPSA) is 69.2 Å². The molecule has 0 fully saturated rings. The summed E-state index contributed by atoms with van der Waals surface area (Å²) in [7, 11) is -4.44. The summed E-state index contributed by atoms with van der Waals surface area (Å²) in [5.74, 6) is -6.08. The van der Waals surface area contributed by atoms with Gasteiger partial charge in [-0.3, -0.25) is 0 Å². The van der Waals surface area contributed by atoms with Gasteiger partial charge in [0.1, 0.15) is 32.7 Å². The highest BCUT2D eigenvalue weighted by Crippen LogP contribution is 2.40. The van der Waals surface area contributed by atoms with E-state index in [2.05, 4.69) is 10.2 Å². The fourth-order valence-corrected chi connectivity index (χ4v) is 4.66. The number of nitrogens with zero attached hydrogens (tertiary/aromatic N) is 2. The number of alkyl halides is 6. The molecule has 0 bridgehead atoms. The van der Waals surface area contributed by atoms with Crippen LogP contribution in [0.25, 0.3) is 0 Å². The van der Waals surface area contributed by atoms with E-state index in [1.165, 1.54) is 5.51 Å². The van der Waals surface area contributed by atoms with Crippen LogP contribution < -0.4 is 4.74 Å². The average Bonchev–Trinajstić information content (AvgIpc) is 3.15. The summed E-state index contributed by atoms with van der Waals surface area (Å²) >= 11 is 0.840. The van der Waals surface area contributed by atoms with Crippen molar-refractivity contribution in [1.29, 1.82) is 0 Å².